The molecule has 0 amide bonds. The van der Waals surface area contributed by atoms with Crippen LogP contribution in [0.15, 0.2) is 34.3 Å². The molecule has 2 heterocycles. The van der Waals surface area contributed by atoms with E-state index in [4.69, 9.17) is 10.2 Å². The quantitative estimate of drug-likeness (QED) is 0.769. The molecule has 2 nitrogen and oxygen atoms in total. The van der Waals surface area contributed by atoms with Gasteiger partial charge in [-0.2, -0.15) is 0 Å². The van der Waals surface area contributed by atoms with Gasteiger partial charge >= 0.3 is 0 Å². The van der Waals surface area contributed by atoms with Crippen molar-refractivity contribution in [1.29, 1.82) is 0 Å². The Morgan fingerprint density at radius 2 is 2.42 bits per heavy atom. The molecule has 0 atom stereocenters. The van der Waals surface area contributed by atoms with Crippen molar-refractivity contribution in [2.45, 2.75) is 6.54 Å². The SMILES string of the molecule is NCc1coc(-c2cccs2)c1. The van der Waals surface area contributed by atoms with Crippen molar-refractivity contribution in [3.8, 4) is 10.6 Å². The average molecular weight is 179 g/mol. The number of hydrogen-bond donors (Lipinski definition) is 1. The van der Waals surface area contributed by atoms with E-state index in [9.17, 15) is 0 Å². The van der Waals surface area contributed by atoms with Gasteiger partial charge < -0.3 is 10.2 Å². The molecule has 0 saturated heterocycles. The third-order valence-electron chi connectivity index (χ3n) is 1.65. The van der Waals surface area contributed by atoms with Crippen LogP contribution in [-0.4, -0.2) is 0 Å². The molecule has 2 aromatic rings. The van der Waals surface area contributed by atoms with Crippen LogP contribution in [-0.2, 0) is 6.54 Å². The molecule has 2 N–H and O–H groups in total. The Morgan fingerprint density at radius 1 is 1.50 bits per heavy atom. The van der Waals surface area contributed by atoms with E-state index in [1.807, 2.05) is 23.6 Å². The smallest absolute Gasteiger partial charge is 0.144 e. The summed E-state index contributed by atoms with van der Waals surface area (Å²) in [7, 11) is 0. The first-order valence-electron chi connectivity index (χ1n) is 3.71. The lowest BCUT2D eigenvalue weighted by Gasteiger charge is -1.85. The molecule has 0 aliphatic carbocycles. The van der Waals surface area contributed by atoms with Crippen LogP contribution < -0.4 is 5.73 Å². The van der Waals surface area contributed by atoms with Crippen molar-refractivity contribution in [3.63, 3.8) is 0 Å². The number of thiophene rings is 1. The Balaban J connectivity index is 2.35. The molecule has 0 spiro atoms. The molecule has 0 fully saturated rings. The minimum Gasteiger partial charge on any atom is -0.463 e. The van der Waals surface area contributed by atoms with Gasteiger partial charge in [-0.25, -0.2) is 0 Å². The number of furan rings is 1. The van der Waals surface area contributed by atoms with Crippen LogP contribution in [0.5, 0.6) is 0 Å². The fraction of sp³-hybridized carbons (Fsp3) is 0.111. The third kappa shape index (κ3) is 1.29. The molecule has 62 valence electrons. The first-order valence-corrected chi connectivity index (χ1v) is 4.59. The first kappa shape index (κ1) is 7.58. The number of nitrogens with two attached hydrogens (primary N) is 1. The van der Waals surface area contributed by atoms with Gasteiger partial charge in [-0.15, -0.1) is 11.3 Å². The van der Waals surface area contributed by atoms with Gasteiger partial charge in [0.25, 0.3) is 0 Å². The van der Waals surface area contributed by atoms with Gasteiger partial charge in [0.15, 0.2) is 0 Å². The van der Waals surface area contributed by atoms with Crippen molar-refractivity contribution < 1.29 is 4.42 Å². The molecule has 0 aromatic carbocycles. The topological polar surface area (TPSA) is 39.2 Å². The lowest BCUT2D eigenvalue weighted by atomic mass is 10.3. The summed E-state index contributed by atoms with van der Waals surface area (Å²) in [6.07, 6.45) is 1.70. The molecule has 0 aliphatic rings. The molecule has 2 rings (SSSR count). The molecule has 2 aromatic heterocycles. The number of rotatable bonds is 2. The van der Waals surface area contributed by atoms with Crippen molar-refractivity contribution in [1.82, 2.24) is 0 Å². The van der Waals surface area contributed by atoms with E-state index in [0.29, 0.717) is 6.54 Å². The monoisotopic (exact) mass is 179 g/mol. The van der Waals surface area contributed by atoms with Crippen molar-refractivity contribution in [3.05, 3.63) is 35.4 Å². The van der Waals surface area contributed by atoms with E-state index in [2.05, 4.69) is 0 Å². The van der Waals surface area contributed by atoms with Gasteiger partial charge in [0.2, 0.25) is 0 Å². The van der Waals surface area contributed by atoms with Crippen LogP contribution in [0.25, 0.3) is 10.6 Å². The van der Waals surface area contributed by atoms with Crippen LogP contribution in [0, 0.1) is 0 Å². The van der Waals surface area contributed by atoms with Crippen LogP contribution in [0.3, 0.4) is 0 Å². The summed E-state index contributed by atoms with van der Waals surface area (Å²) in [6.45, 7) is 0.537. The molecule has 0 bridgehead atoms. The van der Waals surface area contributed by atoms with Gasteiger partial charge in [-0.1, -0.05) is 6.07 Å². The van der Waals surface area contributed by atoms with E-state index in [-0.39, 0.29) is 0 Å². The second-order valence-corrected chi connectivity index (χ2v) is 3.45. The molecular formula is C9H9NOS. The molecule has 0 radical (unpaired) electrons. The summed E-state index contributed by atoms with van der Waals surface area (Å²) in [5.74, 6) is 0.908. The van der Waals surface area contributed by atoms with Gasteiger partial charge in [-0.3, -0.25) is 0 Å². The maximum Gasteiger partial charge on any atom is 0.144 e. The molecule has 12 heavy (non-hydrogen) atoms. The highest BCUT2D eigenvalue weighted by Crippen LogP contribution is 2.26. The fourth-order valence-corrected chi connectivity index (χ4v) is 1.71. The normalized spacial score (nSPS) is 10.4. The van der Waals surface area contributed by atoms with E-state index in [1.165, 1.54) is 0 Å². The van der Waals surface area contributed by atoms with Gasteiger partial charge in [0, 0.05) is 12.1 Å². The lowest BCUT2D eigenvalue weighted by molar-refractivity contribution is 0.580. The zero-order chi connectivity index (χ0) is 8.39. The van der Waals surface area contributed by atoms with Crippen molar-refractivity contribution in [2.75, 3.05) is 0 Å². The second-order valence-electron chi connectivity index (χ2n) is 2.50. The summed E-state index contributed by atoms with van der Waals surface area (Å²) in [6, 6.07) is 6.01. The zero-order valence-electron chi connectivity index (χ0n) is 6.49. The first-order chi connectivity index (χ1) is 5.90. The fourth-order valence-electron chi connectivity index (χ4n) is 1.03. The van der Waals surface area contributed by atoms with E-state index in [0.717, 1.165) is 16.2 Å². The van der Waals surface area contributed by atoms with Crippen molar-refractivity contribution in [2.24, 2.45) is 5.73 Å². The van der Waals surface area contributed by atoms with Gasteiger partial charge in [0.05, 0.1) is 11.1 Å². The van der Waals surface area contributed by atoms with E-state index < -0.39 is 0 Å². The largest absolute Gasteiger partial charge is 0.463 e. The Bertz CT molecular complexity index is 350. The third-order valence-corrected chi connectivity index (χ3v) is 2.54. The standard InChI is InChI=1S/C9H9NOS/c10-5-7-4-8(11-6-7)9-2-1-3-12-9/h1-4,6H,5,10H2. The van der Waals surface area contributed by atoms with Gasteiger partial charge in [-0.05, 0) is 17.5 Å². The van der Waals surface area contributed by atoms with Crippen LogP contribution >= 0.6 is 11.3 Å². The Morgan fingerprint density at radius 3 is 3.00 bits per heavy atom. The second kappa shape index (κ2) is 3.13. The summed E-state index contributed by atoms with van der Waals surface area (Å²) in [4.78, 5) is 1.15. The molecular weight excluding hydrogens is 170 g/mol. The number of hydrogen-bond acceptors (Lipinski definition) is 3. The average Bonchev–Trinajstić information content (AvgIpc) is 2.75. The van der Waals surface area contributed by atoms with Crippen LogP contribution in [0.2, 0.25) is 0 Å². The lowest BCUT2D eigenvalue weighted by Crippen LogP contribution is -1.92. The summed E-state index contributed by atoms with van der Waals surface area (Å²) in [5.41, 5.74) is 6.50. The molecule has 0 saturated carbocycles. The maximum absolute atomic E-state index is 5.46. The predicted octanol–water partition coefficient (Wildman–Crippen LogP) is 2.47. The van der Waals surface area contributed by atoms with E-state index in [1.54, 1.807) is 17.6 Å². The summed E-state index contributed by atoms with van der Waals surface area (Å²) >= 11 is 1.67. The Hall–Kier alpha value is -1.06. The minimum absolute atomic E-state index is 0.537. The van der Waals surface area contributed by atoms with Crippen LogP contribution in [0.4, 0.5) is 0 Å². The highest BCUT2D eigenvalue weighted by Gasteiger charge is 2.03. The van der Waals surface area contributed by atoms with Crippen molar-refractivity contribution >= 4 is 11.3 Å². The molecule has 3 heteroatoms. The molecule has 0 unspecified atom stereocenters. The highest BCUT2D eigenvalue weighted by atomic mass is 32.1. The molecule has 0 aliphatic heterocycles. The van der Waals surface area contributed by atoms with E-state index >= 15 is 0 Å². The van der Waals surface area contributed by atoms with Crippen LogP contribution in [0.1, 0.15) is 5.56 Å². The minimum atomic E-state index is 0.537. The zero-order valence-corrected chi connectivity index (χ0v) is 7.30. The summed E-state index contributed by atoms with van der Waals surface area (Å²) < 4.78 is 5.33. The summed E-state index contributed by atoms with van der Waals surface area (Å²) in [5, 5.41) is 2.03. The predicted molar refractivity (Wildman–Crippen MR) is 49.9 cm³/mol. The van der Waals surface area contributed by atoms with Gasteiger partial charge in [0.1, 0.15) is 5.76 Å². The Kier molecular flexibility index (Phi) is 1.98. The maximum atomic E-state index is 5.46. The Labute approximate surface area is 74.6 Å². The highest BCUT2D eigenvalue weighted by molar-refractivity contribution is 7.13.